The number of aliphatic hydroxyl groups is 1. The molecule has 0 radical (unpaired) electrons. The summed E-state index contributed by atoms with van der Waals surface area (Å²) >= 11 is 0. The lowest BCUT2D eigenvalue weighted by Crippen LogP contribution is -2.43. The first-order valence-electron chi connectivity index (χ1n) is 7.65. The van der Waals surface area contributed by atoms with Gasteiger partial charge in [0.25, 0.3) is 0 Å². The average molecular weight is 250 g/mol. The van der Waals surface area contributed by atoms with Crippen molar-refractivity contribution < 1.29 is 9.84 Å². The minimum Gasteiger partial charge on any atom is -0.368 e. The van der Waals surface area contributed by atoms with Crippen molar-refractivity contribution in [2.75, 3.05) is 7.11 Å². The summed E-state index contributed by atoms with van der Waals surface area (Å²) in [6, 6.07) is 0. The summed E-state index contributed by atoms with van der Waals surface area (Å²) < 4.78 is 5.22. The number of hydrogen-bond donors (Lipinski definition) is 1. The van der Waals surface area contributed by atoms with Crippen LogP contribution < -0.4 is 0 Å². The molecule has 1 N–H and O–H groups in total. The molecule has 2 saturated carbocycles. The summed E-state index contributed by atoms with van der Waals surface area (Å²) in [5.74, 6) is 3.75. The molecule has 0 spiro atoms. The highest BCUT2D eigenvalue weighted by atomic mass is 16.6. The third-order valence-electron chi connectivity index (χ3n) is 5.77. The molecule has 0 aromatic heterocycles. The van der Waals surface area contributed by atoms with Gasteiger partial charge in [-0.15, -0.1) is 0 Å². The van der Waals surface area contributed by atoms with Crippen molar-refractivity contribution in [3.63, 3.8) is 0 Å². The molecule has 3 aliphatic rings. The van der Waals surface area contributed by atoms with Crippen LogP contribution >= 0.6 is 0 Å². The van der Waals surface area contributed by atoms with E-state index < -0.39 is 6.29 Å². The van der Waals surface area contributed by atoms with Crippen LogP contribution in [0.1, 0.15) is 44.9 Å². The number of aliphatic hydroxyl groups excluding tert-OH is 1. The normalized spacial score (nSPS) is 45.1. The Hall–Kier alpha value is -0.340. The molecule has 2 fully saturated rings. The van der Waals surface area contributed by atoms with Crippen molar-refractivity contribution >= 4 is 0 Å². The number of methoxy groups -OCH3 is 1. The van der Waals surface area contributed by atoms with E-state index in [2.05, 4.69) is 12.2 Å². The van der Waals surface area contributed by atoms with Crippen LogP contribution in [-0.4, -0.2) is 18.5 Å². The Bertz CT molecular complexity index is 312. The van der Waals surface area contributed by atoms with Gasteiger partial charge in [-0.05, 0) is 55.8 Å². The molecule has 0 amide bonds. The minimum absolute atomic E-state index is 0.389. The lowest BCUT2D eigenvalue weighted by molar-refractivity contribution is -0.152. The number of ether oxygens (including phenoxy) is 1. The molecule has 18 heavy (non-hydrogen) atoms. The topological polar surface area (TPSA) is 29.5 Å². The number of hydrogen-bond acceptors (Lipinski definition) is 2. The monoisotopic (exact) mass is 250 g/mol. The molecule has 3 rings (SSSR count). The van der Waals surface area contributed by atoms with E-state index in [0.29, 0.717) is 11.8 Å². The molecule has 2 nitrogen and oxygen atoms in total. The van der Waals surface area contributed by atoms with Gasteiger partial charge >= 0.3 is 0 Å². The van der Waals surface area contributed by atoms with E-state index in [-0.39, 0.29) is 0 Å². The molecule has 0 heterocycles. The highest BCUT2D eigenvalue weighted by Crippen LogP contribution is 2.51. The van der Waals surface area contributed by atoms with Gasteiger partial charge in [0.2, 0.25) is 0 Å². The lowest BCUT2D eigenvalue weighted by Gasteiger charge is -2.49. The van der Waals surface area contributed by atoms with Gasteiger partial charge in [0.1, 0.15) is 0 Å². The second-order valence-corrected chi connectivity index (χ2v) is 6.58. The third kappa shape index (κ3) is 2.25. The second kappa shape index (κ2) is 5.34. The Labute approximate surface area is 110 Å². The van der Waals surface area contributed by atoms with Crippen molar-refractivity contribution in [3.05, 3.63) is 12.2 Å². The summed E-state index contributed by atoms with van der Waals surface area (Å²) in [5.41, 5.74) is 0. The Balaban J connectivity index is 1.73. The van der Waals surface area contributed by atoms with E-state index in [1.165, 1.54) is 38.5 Å². The number of rotatable bonds is 2. The maximum Gasteiger partial charge on any atom is 0.157 e. The van der Waals surface area contributed by atoms with Gasteiger partial charge in [0, 0.05) is 13.0 Å². The van der Waals surface area contributed by atoms with E-state index in [1.807, 2.05) is 0 Å². The quantitative estimate of drug-likeness (QED) is 0.601. The fraction of sp³-hybridized carbons (Fsp3) is 0.875. The molecule has 6 atom stereocenters. The molecule has 0 aliphatic heterocycles. The molecule has 0 aromatic carbocycles. The summed E-state index contributed by atoms with van der Waals surface area (Å²) in [5, 5.41) is 10.1. The Morgan fingerprint density at radius 1 is 1.06 bits per heavy atom. The molecule has 0 aromatic rings. The van der Waals surface area contributed by atoms with Crippen LogP contribution in [0.3, 0.4) is 0 Å². The Morgan fingerprint density at radius 2 is 1.78 bits per heavy atom. The SMILES string of the molecule is COC(O)C1CCCC2CC3CC=CCC3CC21. The van der Waals surface area contributed by atoms with Crippen LogP contribution in [0.15, 0.2) is 12.2 Å². The van der Waals surface area contributed by atoms with Crippen LogP contribution in [0.2, 0.25) is 0 Å². The van der Waals surface area contributed by atoms with E-state index in [1.54, 1.807) is 7.11 Å². The molecule has 3 aliphatic carbocycles. The molecule has 0 bridgehead atoms. The fourth-order valence-electron chi connectivity index (χ4n) is 4.82. The van der Waals surface area contributed by atoms with E-state index in [9.17, 15) is 5.11 Å². The zero-order chi connectivity index (χ0) is 12.5. The summed E-state index contributed by atoms with van der Waals surface area (Å²) in [6.07, 6.45) is 13.3. The zero-order valence-electron chi connectivity index (χ0n) is 11.4. The van der Waals surface area contributed by atoms with Crippen LogP contribution in [0.4, 0.5) is 0 Å². The maximum atomic E-state index is 10.1. The largest absolute Gasteiger partial charge is 0.368 e. The third-order valence-corrected chi connectivity index (χ3v) is 5.77. The molecular formula is C16H26O2. The van der Waals surface area contributed by atoms with Gasteiger partial charge in [-0.3, -0.25) is 0 Å². The van der Waals surface area contributed by atoms with Gasteiger partial charge in [-0.2, -0.15) is 0 Å². The molecule has 102 valence electrons. The van der Waals surface area contributed by atoms with Crippen LogP contribution in [0, 0.1) is 29.6 Å². The van der Waals surface area contributed by atoms with Gasteiger partial charge in [0.05, 0.1) is 0 Å². The van der Waals surface area contributed by atoms with Crippen LogP contribution in [0.25, 0.3) is 0 Å². The molecular weight excluding hydrogens is 224 g/mol. The van der Waals surface area contributed by atoms with Crippen molar-refractivity contribution in [3.8, 4) is 0 Å². The highest BCUT2D eigenvalue weighted by Gasteiger charge is 2.44. The average Bonchev–Trinajstić information content (AvgIpc) is 2.43. The van der Waals surface area contributed by atoms with E-state index >= 15 is 0 Å². The maximum absolute atomic E-state index is 10.1. The van der Waals surface area contributed by atoms with Gasteiger partial charge in [0.15, 0.2) is 6.29 Å². The van der Waals surface area contributed by atoms with Crippen molar-refractivity contribution in [1.29, 1.82) is 0 Å². The van der Waals surface area contributed by atoms with E-state index in [4.69, 9.17) is 4.74 Å². The first-order chi connectivity index (χ1) is 8.79. The molecule has 6 unspecified atom stereocenters. The Kier molecular flexibility index (Phi) is 3.76. The van der Waals surface area contributed by atoms with Crippen molar-refractivity contribution in [2.45, 2.75) is 51.2 Å². The van der Waals surface area contributed by atoms with Crippen LogP contribution in [-0.2, 0) is 4.74 Å². The highest BCUT2D eigenvalue weighted by molar-refractivity contribution is 5.00. The Morgan fingerprint density at radius 3 is 2.50 bits per heavy atom. The minimum atomic E-state index is -0.534. The van der Waals surface area contributed by atoms with Gasteiger partial charge in [-0.25, -0.2) is 0 Å². The van der Waals surface area contributed by atoms with Crippen molar-refractivity contribution in [2.24, 2.45) is 29.6 Å². The van der Waals surface area contributed by atoms with Gasteiger partial charge < -0.3 is 9.84 Å². The van der Waals surface area contributed by atoms with E-state index in [0.717, 1.165) is 24.2 Å². The lowest BCUT2D eigenvalue weighted by atomic mass is 9.58. The van der Waals surface area contributed by atoms with Gasteiger partial charge in [-0.1, -0.05) is 25.0 Å². The molecule has 0 saturated heterocycles. The predicted molar refractivity (Wildman–Crippen MR) is 71.9 cm³/mol. The summed E-state index contributed by atoms with van der Waals surface area (Å²) in [4.78, 5) is 0. The zero-order valence-corrected chi connectivity index (χ0v) is 11.4. The second-order valence-electron chi connectivity index (χ2n) is 6.58. The smallest absolute Gasteiger partial charge is 0.157 e. The number of fused-ring (bicyclic) bond motifs is 2. The first kappa shape index (κ1) is 12.7. The molecule has 2 heteroatoms. The fourth-order valence-corrected chi connectivity index (χ4v) is 4.82. The summed E-state index contributed by atoms with van der Waals surface area (Å²) in [7, 11) is 1.64. The van der Waals surface area contributed by atoms with Crippen molar-refractivity contribution in [1.82, 2.24) is 0 Å². The standard InChI is InChI=1S/C16H26O2/c1-18-16(17)14-8-4-7-13-9-11-5-2-3-6-12(11)10-15(13)14/h2-3,11-17H,4-10H2,1H3. The van der Waals surface area contributed by atoms with Crippen LogP contribution in [0.5, 0.6) is 0 Å². The first-order valence-corrected chi connectivity index (χ1v) is 7.65. The summed E-state index contributed by atoms with van der Waals surface area (Å²) in [6.45, 7) is 0. The predicted octanol–water partition coefficient (Wildman–Crippen LogP) is 3.36. The number of allylic oxidation sites excluding steroid dienone is 2.